The third-order valence-corrected chi connectivity index (χ3v) is 18.6. The van der Waals surface area contributed by atoms with Crippen LogP contribution < -0.4 is 41.8 Å². The summed E-state index contributed by atoms with van der Waals surface area (Å²) >= 11 is 5.04. The van der Waals surface area contributed by atoms with Crippen LogP contribution in [0, 0.1) is 13.8 Å². The third kappa shape index (κ3) is 18.3. The number of hydrogen-bond acceptors (Lipinski definition) is 17. The number of halogens is 1. The van der Waals surface area contributed by atoms with Crippen LogP contribution in [0.15, 0.2) is 170 Å². The maximum atomic E-state index is 13.4. The van der Waals surface area contributed by atoms with E-state index in [-0.39, 0.29) is 55.5 Å². The number of ether oxygens (including phenoxy) is 2. The quantitative estimate of drug-likeness (QED) is 0.0410. The predicted octanol–water partition coefficient (Wildman–Crippen LogP) is 13.4. The summed E-state index contributed by atoms with van der Waals surface area (Å²) in [5, 5.41) is 26.4. The molecule has 11 amide bonds. The van der Waals surface area contributed by atoms with E-state index in [1.807, 2.05) is 141 Å². The van der Waals surface area contributed by atoms with Crippen molar-refractivity contribution in [1.29, 1.82) is 0 Å². The summed E-state index contributed by atoms with van der Waals surface area (Å²) in [7, 11) is -7.37. The number of sulfonamides is 2. The molecule has 0 saturated carbocycles. The van der Waals surface area contributed by atoms with Gasteiger partial charge in [-0.25, -0.2) is 78.6 Å². The molecule has 103 heavy (non-hydrogen) atoms. The highest BCUT2D eigenvalue weighted by molar-refractivity contribution is 7.89. The molecule has 0 bridgehead atoms. The van der Waals surface area contributed by atoms with E-state index in [9.17, 15) is 45.6 Å². The first-order valence-electron chi connectivity index (χ1n) is 32.2. The summed E-state index contributed by atoms with van der Waals surface area (Å²) in [5.41, 5.74) is 13.9. The number of imide groups is 2. The van der Waals surface area contributed by atoms with E-state index in [0.29, 0.717) is 66.0 Å². The second-order valence-electron chi connectivity index (χ2n) is 26.2. The number of urea groups is 5. The van der Waals surface area contributed by atoms with Gasteiger partial charge in [-0.3, -0.25) is 20.7 Å². The Balaban J connectivity index is 0.000000193. The SMILES string of the molecule is CS(=O)(=O)N1CCN(C(=O)Cl)C1=O.Cc1ccc(-n2nc(C(C)(C)C)cc2NC(=O)Nc2ccc(OCc3ccnc(N)c3)c3ccccc23)cc1.Cc1ccc(-n2nc(C(C)(C)C)cc2NC(=O)Nc2ccc(OCc3ccnc(NC(=O)N4CCN(S(C)(=O)=O)C4=O)c3)c3ccccc23)cc1. The highest BCUT2D eigenvalue weighted by atomic mass is 35.5. The summed E-state index contributed by atoms with van der Waals surface area (Å²) in [6, 6.07) is 45.9. The number of carbonyl (C=O) groups is 6. The Morgan fingerprint density at radius 2 is 0.913 bits per heavy atom. The van der Waals surface area contributed by atoms with Crippen molar-refractivity contribution in [3.63, 3.8) is 0 Å². The molecule has 6 heterocycles. The number of benzene rings is 6. The number of fused-ring (bicyclic) bond motifs is 2. The Morgan fingerprint density at radius 3 is 1.31 bits per heavy atom. The molecular weight excluding hydrogens is 1380 g/mol. The Kier molecular flexibility index (Phi) is 22.1. The fourth-order valence-corrected chi connectivity index (χ4v) is 12.5. The summed E-state index contributed by atoms with van der Waals surface area (Å²) in [6.45, 7) is 16.8. The van der Waals surface area contributed by atoms with Crippen LogP contribution in [0.2, 0.25) is 0 Å². The number of nitrogen functional groups attached to an aromatic ring is 1. The molecule has 2 aliphatic rings. The number of nitrogens with zero attached hydrogens (tertiary/aromatic N) is 10. The molecule has 12 rings (SSSR count). The van der Waals surface area contributed by atoms with Gasteiger partial charge in [0.05, 0.1) is 72.8 Å². The van der Waals surface area contributed by atoms with Crippen LogP contribution in [0.1, 0.15) is 75.2 Å². The molecule has 0 spiro atoms. The van der Waals surface area contributed by atoms with Crippen molar-refractivity contribution in [1.82, 2.24) is 47.9 Å². The number of anilines is 6. The maximum absolute atomic E-state index is 13.4. The van der Waals surface area contributed by atoms with Crippen molar-refractivity contribution in [3.05, 3.63) is 204 Å². The Bertz CT molecular complexity index is 5120. The van der Waals surface area contributed by atoms with Gasteiger partial charge in [0.25, 0.3) is 0 Å². The standard InChI is InChI=1S/C36H38N8O6S.C31H32N6O2.C5H7ClN2O4S/c1-23-10-12-25(13-11-23)44-32(21-30(41-44)36(2,3)4)40-33(45)38-28-14-15-29(27-9-7-6-8-26(27)28)50-22-24-16-17-37-31(20-24)39-34(46)42-18-19-43(35(42)47)51(5,48)49;1-20-9-11-22(12-10-20)37-29(18-27(36-37)31(2,3)4)35-30(38)34-25-13-14-26(24-8-6-5-7-23(24)25)39-19-21-15-16-33-28(32)17-21;1-13(11,12)8-3-2-7(4(6)9)5(8)10/h6-17,20-21H,18-19,22H2,1-5H3,(H,37,39,46)(H2,38,40,45);5-18H,19H2,1-4H3,(H2,32,33)(H2,34,35,38);2-3H2,1H3. The molecule has 31 heteroatoms. The van der Waals surface area contributed by atoms with Crippen LogP contribution in [0.4, 0.5) is 63.4 Å². The average molecular weight is 1460 g/mol. The van der Waals surface area contributed by atoms with Crippen LogP contribution in [-0.2, 0) is 44.1 Å². The molecule has 536 valence electrons. The second kappa shape index (κ2) is 30.7. The number of nitrogens with one attached hydrogen (secondary N) is 5. The first-order valence-corrected chi connectivity index (χ1v) is 36.3. The summed E-state index contributed by atoms with van der Waals surface area (Å²) < 4.78 is 62.5. The Morgan fingerprint density at radius 1 is 0.505 bits per heavy atom. The fraction of sp³-hybridized carbons (Fsp3) is 0.250. The topological polar surface area (TPSA) is 350 Å². The van der Waals surface area contributed by atoms with Crippen molar-refractivity contribution >= 4 is 123 Å². The van der Waals surface area contributed by atoms with E-state index in [2.05, 4.69) is 78.1 Å². The first-order chi connectivity index (χ1) is 48.7. The first kappa shape index (κ1) is 74.1. The summed E-state index contributed by atoms with van der Waals surface area (Å²) in [6.07, 6.45) is 4.95. The highest BCUT2D eigenvalue weighted by Gasteiger charge is 2.39. The molecular formula is C72H77ClN16O12S2. The molecule has 0 radical (unpaired) electrons. The van der Waals surface area contributed by atoms with Gasteiger partial charge >= 0.3 is 35.5 Å². The van der Waals surface area contributed by atoms with Crippen molar-refractivity contribution < 1.29 is 55.1 Å². The van der Waals surface area contributed by atoms with E-state index >= 15 is 0 Å². The van der Waals surface area contributed by atoms with Gasteiger partial charge in [-0.15, -0.1) is 0 Å². The molecule has 10 aromatic rings. The number of aryl methyl sites for hydroxylation is 2. The van der Waals surface area contributed by atoms with Gasteiger partial charge in [0.1, 0.15) is 48.0 Å². The monoisotopic (exact) mass is 1460 g/mol. The van der Waals surface area contributed by atoms with Gasteiger partial charge in [0.2, 0.25) is 20.0 Å². The van der Waals surface area contributed by atoms with Crippen molar-refractivity contribution in [3.8, 4) is 22.9 Å². The Hall–Kier alpha value is -11.6. The van der Waals surface area contributed by atoms with Gasteiger partial charge in [-0.05, 0) is 109 Å². The van der Waals surface area contributed by atoms with Crippen molar-refractivity contribution in [2.24, 2.45) is 0 Å². The minimum atomic E-state index is -3.78. The zero-order valence-corrected chi connectivity index (χ0v) is 60.4. The fourth-order valence-electron chi connectivity index (χ4n) is 10.7. The summed E-state index contributed by atoms with van der Waals surface area (Å²) in [4.78, 5) is 83.2. The van der Waals surface area contributed by atoms with Crippen LogP contribution in [0.25, 0.3) is 32.9 Å². The van der Waals surface area contributed by atoms with Crippen LogP contribution in [0.3, 0.4) is 0 Å². The van der Waals surface area contributed by atoms with E-state index in [1.54, 1.807) is 45.9 Å². The van der Waals surface area contributed by atoms with E-state index in [1.165, 1.54) is 6.20 Å². The smallest absolute Gasteiger partial charge is 0.341 e. The number of aromatic nitrogens is 6. The van der Waals surface area contributed by atoms with Crippen molar-refractivity contribution in [2.75, 3.05) is 71.0 Å². The molecule has 28 nitrogen and oxygen atoms in total. The van der Waals surface area contributed by atoms with Crippen LogP contribution in [-0.4, -0.2) is 139 Å². The number of hydrogen-bond donors (Lipinski definition) is 6. The third-order valence-electron chi connectivity index (χ3n) is 16.2. The number of carbonyl (C=O) groups excluding carboxylic acids is 6. The number of amides is 11. The second-order valence-corrected chi connectivity index (χ2v) is 30.4. The van der Waals surface area contributed by atoms with Gasteiger partial charge < -0.3 is 25.8 Å². The molecule has 0 atom stereocenters. The number of pyridine rings is 2. The molecule has 0 unspecified atom stereocenters. The average Bonchev–Trinajstić information content (AvgIpc) is 1.78. The normalized spacial score (nSPS) is 13.2. The Labute approximate surface area is 600 Å². The van der Waals surface area contributed by atoms with Gasteiger partial charge in [0, 0.05) is 56.9 Å². The van der Waals surface area contributed by atoms with E-state index < -0.39 is 49.5 Å². The molecule has 6 aromatic carbocycles. The van der Waals surface area contributed by atoms with Gasteiger partial charge in [-0.1, -0.05) is 125 Å². The van der Waals surface area contributed by atoms with Crippen LogP contribution in [0.5, 0.6) is 11.5 Å². The molecule has 2 aliphatic heterocycles. The van der Waals surface area contributed by atoms with Crippen molar-refractivity contribution in [2.45, 2.75) is 79.4 Å². The molecule has 7 N–H and O–H groups in total. The lowest BCUT2D eigenvalue weighted by molar-refractivity contribution is 0.200. The van der Waals surface area contributed by atoms with Gasteiger partial charge in [-0.2, -0.15) is 10.2 Å². The molecule has 2 saturated heterocycles. The summed E-state index contributed by atoms with van der Waals surface area (Å²) in [5.74, 6) is 3.00. The predicted molar refractivity (Wildman–Crippen MR) is 396 cm³/mol. The lowest BCUT2D eigenvalue weighted by atomic mass is 9.92. The zero-order chi connectivity index (χ0) is 74.3. The van der Waals surface area contributed by atoms with Crippen LogP contribution >= 0.6 is 11.6 Å². The molecule has 4 aromatic heterocycles. The highest BCUT2D eigenvalue weighted by Crippen LogP contribution is 2.36. The molecule has 2 fully saturated rings. The number of rotatable bonds is 15. The minimum Gasteiger partial charge on any atom is -0.488 e. The lowest BCUT2D eigenvalue weighted by Gasteiger charge is -2.16. The largest absolute Gasteiger partial charge is 0.488 e. The lowest BCUT2D eigenvalue weighted by Crippen LogP contribution is -2.40. The van der Waals surface area contributed by atoms with E-state index in [4.69, 9.17) is 37.0 Å². The van der Waals surface area contributed by atoms with Gasteiger partial charge in [0.15, 0.2) is 0 Å². The van der Waals surface area contributed by atoms with E-state index in [0.717, 1.165) is 78.4 Å². The molecule has 0 aliphatic carbocycles. The minimum absolute atomic E-state index is 0.00817. The maximum Gasteiger partial charge on any atom is 0.341 e. The zero-order valence-electron chi connectivity index (χ0n) is 58.1. The number of nitrogens with two attached hydrogens (primary N) is 1.